The third kappa shape index (κ3) is 5.22. The Balaban J connectivity index is 0.00000162. The van der Waals surface area contributed by atoms with Crippen molar-refractivity contribution in [3.8, 4) is 0 Å². The lowest BCUT2D eigenvalue weighted by Crippen LogP contribution is -2.23. The summed E-state index contributed by atoms with van der Waals surface area (Å²) in [5.74, 6) is 0.467. The zero-order valence-corrected chi connectivity index (χ0v) is 12.7. The van der Waals surface area contributed by atoms with E-state index in [9.17, 15) is 0 Å². The molecule has 0 radical (unpaired) electrons. The van der Waals surface area contributed by atoms with Gasteiger partial charge in [-0.2, -0.15) is 0 Å². The minimum Gasteiger partial charge on any atom is -0.378 e. The van der Waals surface area contributed by atoms with Crippen molar-refractivity contribution in [2.75, 3.05) is 18.5 Å². The molecule has 18 heavy (non-hydrogen) atoms. The third-order valence-electron chi connectivity index (χ3n) is 2.80. The molecule has 0 spiro atoms. The Hall–Kier alpha value is -0.820. The van der Waals surface area contributed by atoms with Crippen LogP contribution in [-0.2, 0) is 4.74 Å². The maximum atomic E-state index is 5.79. The molecule has 3 N–H and O–H groups in total. The molecule has 1 aliphatic rings. The summed E-state index contributed by atoms with van der Waals surface area (Å²) < 4.78 is 5.52. The Kier molecular flexibility index (Phi) is 7.04. The Morgan fingerprint density at radius 1 is 1.39 bits per heavy atom. The molecule has 0 bridgehead atoms. The van der Waals surface area contributed by atoms with Crippen molar-refractivity contribution in [2.45, 2.75) is 25.4 Å². The molecule has 1 unspecified atom stereocenters. The molecule has 2 rings (SSSR count). The highest BCUT2D eigenvalue weighted by atomic mass is 127. The van der Waals surface area contributed by atoms with Crippen LogP contribution in [0.3, 0.4) is 0 Å². The highest BCUT2D eigenvalue weighted by molar-refractivity contribution is 14.0. The van der Waals surface area contributed by atoms with Gasteiger partial charge in [-0.25, -0.2) is 0 Å². The first-order valence-electron chi connectivity index (χ1n) is 6.08. The van der Waals surface area contributed by atoms with E-state index in [2.05, 4.69) is 10.3 Å². The summed E-state index contributed by atoms with van der Waals surface area (Å²) in [6.45, 7) is 1.61. The number of guanidine groups is 1. The minimum absolute atomic E-state index is 0. The number of halogens is 1. The van der Waals surface area contributed by atoms with Crippen LogP contribution in [0.25, 0.3) is 0 Å². The van der Waals surface area contributed by atoms with Gasteiger partial charge in [0, 0.05) is 18.8 Å². The third-order valence-corrected chi connectivity index (χ3v) is 2.80. The highest BCUT2D eigenvalue weighted by Crippen LogP contribution is 2.14. The molecule has 1 fully saturated rings. The van der Waals surface area contributed by atoms with Gasteiger partial charge in [-0.05, 0) is 31.4 Å². The van der Waals surface area contributed by atoms with Crippen LogP contribution in [0.2, 0.25) is 0 Å². The molecule has 1 aromatic carbocycles. The first-order chi connectivity index (χ1) is 8.34. The lowest BCUT2D eigenvalue weighted by molar-refractivity contribution is 0.106. The fraction of sp³-hybridized carbons (Fsp3) is 0.462. The van der Waals surface area contributed by atoms with Crippen LogP contribution in [0.15, 0.2) is 35.3 Å². The molecule has 0 amide bonds. The number of para-hydroxylation sites is 1. The van der Waals surface area contributed by atoms with E-state index in [0.717, 1.165) is 31.7 Å². The second-order valence-corrected chi connectivity index (χ2v) is 4.18. The summed E-state index contributed by atoms with van der Waals surface area (Å²) in [5.41, 5.74) is 6.75. The molecule has 1 aromatic rings. The predicted octanol–water partition coefficient (Wildman–Crippen LogP) is 2.60. The van der Waals surface area contributed by atoms with E-state index in [-0.39, 0.29) is 24.0 Å². The fourth-order valence-electron chi connectivity index (χ4n) is 1.91. The van der Waals surface area contributed by atoms with E-state index in [0.29, 0.717) is 12.1 Å². The quantitative estimate of drug-likeness (QED) is 0.492. The first kappa shape index (κ1) is 15.2. The van der Waals surface area contributed by atoms with Crippen LogP contribution in [0.1, 0.15) is 19.3 Å². The van der Waals surface area contributed by atoms with Gasteiger partial charge >= 0.3 is 0 Å². The molecule has 1 saturated heterocycles. The highest BCUT2D eigenvalue weighted by Gasteiger charge is 2.14. The lowest BCUT2D eigenvalue weighted by atomic mass is 10.2. The van der Waals surface area contributed by atoms with Gasteiger partial charge in [0.15, 0.2) is 5.96 Å². The number of nitrogens with two attached hydrogens (primary N) is 1. The van der Waals surface area contributed by atoms with Gasteiger partial charge in [0.05, 0.1) is 6.10 Å². The van der Waals surface area contributed by atoms with Crippen molar-refractivity contribution in [2.24, 2.45) is 10.7 Å². The van der Waals surface area contributed by atoms with Gasteiger partial charge < -0.3 is 15.8 Å². The predicted molar refractivity (Wildman–Crippen MR) is 85.6 cm³/mol. The smallest absolute Gasteiger partial charge is 0.193 e. The molecule has 100 valence electrons. The van der Waals surface area contributed by atoms with Crippen LogP contribution in [0.5, 0.6) is 0 Å². The second kappa shape index (κ2) is 8.31. The molecule has 0 aliphatic carbocycles. The van der Waals surface area contributed by atoms with Crippen LogP contribution in [0, 0.1) is 0 Å². The van der Waals surface area contributed by atoms with E-state index in [1.807, 2.05) is 30.3 Å². The molecule has 1 atom stereocenters. The van der Waals surface area contributed by atoms with E-state index in [4.69, 9.17) is 10.5 Å². The average molecular weight is 361 g/mol. The minimum atomic E-state index is 0. The number of nitrogens with zero attached hydrogens (tertiary/aromatic N) is 1. The molecule has 0 aromatic heterocycles. The maximum Gasteiger partial charge on any atom is 0.193 e. The lowest BCUT2D eigenvalue weighted by Gasteiger charge is -2.08. The van der Waals surface area contributed by atoms with Gasteiger partial charge in [0.1, 0.15) is 0 Å². The number of ether oxygens (including phenoxy) is 1. The van der Waals surface area contributed by atoms with Gasteiger partial charge in [-0.1, -0.05) is 18.2 Å². The molecule has 1 heterocycles. The van der Waals surface area contributed by atoms with E-state index < -0.39 is 0 Å². The Morgan fingerprint density at radius 3 is 2.83 bits per heavy atom. The number of rotatable bonds is 4. The van der Waals surface area contributed by atoms with Crippen molar-refractivity contribution in [1.82, 2.24) is 0 Å². The molecule has 0 saturated carbocycles. The van der Waals surface area contributed by atoms with Gasteiger partial charge in [0.2, 0.25) is 0 Å². The Morgan fingerprint density at radius 2 is 2.17 bits per heavy atom. The van der Waals surface area contributed by atoms with Crippen LogP contribution >= 0.6 is 24.0 Å². The molecule has 5 heteroatoms. The van der Waals surface area contributed by atoms with Gasteiger partial charge in [-0.15, -0.1) is 24.0 Å². The first-order valence-corrected chi connectivity index (χ1v) is 6.08. The molecular formula is C13H20IN3O. The molecule has 4 nitrogen and oxygen atoms in total. The molecule has 1 aliphatic heterocycles. The van der Waals surface area contributed by atoms with Crippen molar-refractivity contribution < 1.29 is 4.74 Å². The van der Waals surface area contributed by atoms with E-state index in [1.54, 1.807) is 0 Å². The van der Waals surface area contributed by atoms with Crippen molar-refractivity contribution in [3.63, 3.8) is 0 Å². The maximum absolute atomic E-state index is 5.79. The van der Waals surface area contributed by atoms with Crippen LogP contribution in [-0.4, -0.2) is 25.2 Å². The Labute approximate surface area is 125 Å². The van der Waals surface area contributed by atoms with Crippen LogP contribution in [0.4, 0.5) is 5.69 Å². The normalized spacial score (nSPS) is 19.3. The van der Waals surface area contributed by atoms with E-state index in [1.165, 1.54) is 6.42 Å². The van der Waals surface area contributed by atoms with Gasteiger partial charge in [-0.3, -0.25) is 4.99 Å². The summed E-state index contributed by atoms with van der Waals surface area (Å²) in [7, 11) is 0. The topological polar surface area (TPSA) is 59.6 Å². The number of anilines is 1. The zero-order chi connectivity index (χ0) is 11.9. The number of nitrogens with one attached hydrogen (secondary N) is 1. The average Bonchev–Trinajstić information content (AvgIpc) is 2.83. The summed E-state index contributed by atoms with van der Waals surface area (Å²) in [6, 6.07) is 9.81. The molecular weight excluding hydrogens is 341 g/mol. The standard InChI is InChI=1S/C13H19N3O.HI/c14-13(16-11-5-2-1-3-6-11)15-9-8-12-7-4-10-17-12;/h1-3,5-6,12H,4,7-10H2,(H3,14,15,16);1H. The summed E-state index contributed by atoms with van der Waals surface area (Å²) in [4.78, 5) is 4.29. The number of hydrogen-bond donors (Lipinski definition) is 2. The second-order valence-electron chi connectivity index (χ2n) is 4.18. The largest absolute Gasteiger partial charge is 0.378 e. The van der Waals surface area contributed by atoms with Crippen LogP contribution < -0.4 is 11.1 Å². The SMILES string of the molecule is I.NC(=NCCC1CCCO1)Nc1ccccc1. The van der Waals surface area contributed by atoms with E-state index >= 15 is 0 Å². The summed E-state index contributed by atoms with van der Waals surface area (Å²) in [6.07, 6.45) is 3.66. The number of aliphatic imine (C=N–C) groups is 1. The fourth-order valence-corrected chi connectivity index (χ4v) is 1.91. The zero-order valence-electron chi connectivity index (χ0n) is 10.3. The summed E-state index contributed by atoms with van der Waals surface area (Å²) >= 11 is 0. The van der Waals surface area contributed by atoms with Crippen molar-refractivity contribution >= 4 is 35.6 Å². The van der Waals surface area contributed by atoms with Crippen molar-refractivity contribution in [1.29, 1.82) is 0 Å². The van der Waals surface area contributed by atoms with Crippen molar-refractivity contribution in [3.05, 3.63) is 30.3 Å². The van der Waals surface area contributed by atoms with Gasteiger partial charge in [0.25, 0.3) is 0 Å². The monoisotopic (exact) mass is 361 g/mol. The Bertz CT molecular complexity index is 364. The number of hydrogen-bond acceptors (Lipinski definition) is 2. The summed E-state index contributed by atoms with van der Waals surface area (Å²) in [5, 5.41) is 3.05. The number of benzene rings is 1.